The smallest absolute Gasteiger partial charge is 0.298 e. The third-order valence-corrected chi connectivity index (χ3v) is 3.67. The van der Waals surface area contributed by atoms with Crippen LogP contribution in [0.3, 0.4) is 0 Å². The Balaban J connectivity index is 3.65. The quantitative estimate of drug-likeness (QED) is 0.391. The summed E-state index contributed by atoms with van der Waals surface area (Å²) in [5, 5.41) is -3.52. The molecule has 0 saturated carbocycles. The number of benzene rings is 1. The Labute approximate surface area is 128 Å². The average Bonchev–Trinajstić information content (AvgIpc) is 2.34. The SMILES string of the molecule is O=Cc1ccc(C(Cl)C(C(F)(F)F)(C(F)(F)F)C(F)(F)F)cc1. The molecule has 130 valence electrons. The number of rotatable bonds is 3. The van der Waals surface area contributed by atoms with Crippen LogP contribution in [0.5, 0.6) is 0 Å². The van der Waals surface area contributed by atoms with Crippen molar-refractivity contribution in [2.24, 2.45) is 5.41 Å². The Morgan fingerprint density at radius 1 is 0.783 bits per heavy atom. The van der Waals surface area contributed by atoms with Crippen LogP contribution in [0.2, 0.25) is 0 Å². The highest BCUT2D eigenvalue weighted by atomic mass is 35.5. The second kappa shape index (κ2) is 5.88. The van der Waals surface area contributed by atoms with E-state index in [0.717, 1.165) is 12.1 Å². The molecule has 23 heavy (non-hydrogen) atoms. The van der Waals surface area contributed by atoms with E-state index < -0.39 is 34.9 Å². The molecule has 1 aromatic carbocycles. The van der Waals surface area contributed by atoms with Crippen LogP contribution in [0.1, 0.15) is 21.3 Å². The molecule has 0 fully saturated rings. The number of hydrogen-bond acceptors (Lipinski definition) is 1. The van der Waals surface area contributed by atoms with E-state index in [9.17, 15) is 44.3 Å². The summed E-state index contributed by atoms with van der Waals surface area (Å²) in [5.41, 5.74) is -7.39. The second-order valence-electron chi connectivity index (χ2n) is 4.45. The molecule has 0 N–H and O–H groups in total. The molecule has 0 aliphatic heterocycles. The molecular formula is C12H6ClF9O. The zero-order valence-corrected chi connectivity index (χ0v) is 11.4. The molecule has 0 heterocycles. The molecule has 1 rings (SSSR count). The number of hydrogen-bond donors (Lipinski definition) is 0. The van der Waals surface area contributed by atoms with Gasteiger partial charge in [-0.15, -0.1) is 11.6 Å². The molecule has 1 nitrogen and oxygen atoms in total. The van der Waals surface area contributed by atoms with Crippen LogP contribution in [0.4, 0.5) is 39.5 Å². The number of aldehydes is 1. The molecular weight excluding hydrogens is 367 g/mol. The van der Waals surface area contributed by atoms with Gasteiger partial charge in [-0.3, -0.25) is 4.79 Å². The van der Waals surface area contributed by atoms with E-state index in [0.29, 0.717) is 12.1 Å². The van der Waals surface area contributed by atoms with E-state index in [4.69, 9.17) is 11.6 Å². The van der Waals surface area contributed by atoms with Gasteiger partial charge < -0.3 is 0 Å². The van der Waals surface area contributed by atoms with Crippen molar-refractivity contribution in [3.05, 3.63) is 35.4 Å². The molecule has 0 aromatic heterocycles. The maximum Gasteiger partial charge on any atom is 0.413 e. The predicted molar refractivity (Wildman–Crippen MR) is 61.0 cm³/mol. The van der Waals surface area contributed by atoms with E-state index in [1.165, 1.54) is 0 Å². The summed E-state index contributed by atoms with van der Waals surface area (Å²) in [7, 11) is 0. The second-order valence-corrected chi connectivity index (χ2v) is 4.88. The van der Waals surface area contributed by atoms with E-state index in [-0.39, 0.29) is 11.8 Å². The van der Waals surface area contributed by atoms with Gasteiger partial charge in [0.25, 0.3) is 5.41 Å². The molecule has 0 amide bonds. The minimum Gasteiger partial charge on any atom is -0.298 e. The van der Waals surface area contributed by atoms with E-state index in [1.807, 2.05) is 0 Å². The van der Waals surface area contributed by atoms with Crippen molar-refractivity contribution in [2.75, 3.05) is 0 Å². The van der Waals surface area contributed by atoms with Crippen LogP contribution >= 0.6 is 11.6 Å². The minimum absolute atomic E-state index is 0.158. The van der Waals surface area contributed by atoms with Crippen molar-refractivity contribution in [3.63, 3.8) is 0 Å². The average molecular weight is 373 g/mol. The molecule has 0 aliphatic rings. The normalized spacial score (nSPS) is 15.4. The zero-order chi connectivity index (χ0) is 18.3. The summed E-state index contributed by atoms with van der Waals surface area (Å²) < 4.78 is 116. The number of carbonyl (C=O) groups excluding carboxylic acids is 1. The molecule has 0 spiro atoms. The first-order valence-corrected chi connectivity index (χ1v) is 6.03. The van der Waals surface area contributed by atoms with Gasteiger partial charge in [-0.1, -0.05) is 24.3 Å². The predicted octanol–water partition coefficient (Wildman–Crippen LogP) is 5.45. The fourth-order valence-corrected chi connectivity index (χ4v) is 2.42. The third-order valence-electron chi connectivity index (χ3n) is 3.09. The van der Waals surface area contributed by atoms with Crippen molar-refractivity contribution >= 4 is 17.9 Å². The fourth-order valence-electron chi connectivity index (χ4n) is 1.91. The molecule has 1 unspecified atom stereocenters. The van der Waals surface area contributed by atoms with E-state index >= 15 is 0 Å². The van der Waals surface area contributed by atoms with Gasteiger partial charge in [0, 0.05) is 5.56 Å². The molecule has 11 heteroatoms. The van der Waals surface area contributed by atoms with Crippen LogP contribution in [-0.4, -0.2) is 24.8 Å². The van der Waals surface area contributed by atoms with Gasteiger partial charge in [0.15, 0.2) is 0 Å². The van der Waals surface area contributed by atoms with Gasteiger partial charge in [0.1, 0.15) is 6.29 Å². The Bertz CT molecular complexity index is 520. The van der Waals surface area contributed by atoms with Gasteiger partial charge in [0.2, 0.25) is 0 Å². The molecule has 0 saturated heterocycles. The first kappa shape index (κ1) is 19.6. The molecule has 0 aliphatic carbocycles. The van der Waals surface area contributed by atoms with Crippen molar-refractivity contribution in [1.82, 2.24) is 0 Å². The van der Waals surface area contributed by atoms with Gasteiger partial charge >= 0.3 is 18.5 Å². The summed E-state index contributed by atoms with van der Waals surface area (Å²) in [6, 6.07) is 2.51. The van der Waals surface area contributed by atoms with Gasteiger partial charge in [-0.2, -0.15) is 39.5 Å². The summed E-state index contributed by atoms with van der Waals surface area (Å²) >= 11 is 5.03. The van der Waals surface area contributed by atoms with Crippen LogP contribution in [0.15, 0.2) is 24.3 Å². The van der Waals surface area contributed by atoms with Crippen LogP contribution < -0.4 is 0 Å². The topological polar surface area (TPSA) is 17.1 Å². The summed E-state index contributed by atoms with van der Waals surface area (Å²) in [4.78, 5) is 10.4. The summed E-state index contributed by atoms with van der Waals surface area (Å²) in [5.74, 6) is 0. The lowest BCUT2D eigenvalue weighted by atomic mass is 9.78. The molecule has 1 aromatic rings. The van der Waals surface area contributed by atoms with Gasteiger partial charge in [-0.05, 0) is 5.56 Å². The number of carbonyl (C=O) groups is 1. The third kappa shape index (κ3) is 3.13. The lowest BCUT2D eigenvalue weighted by molar-refractivity contribution is -0.428. The summed E-state index contributed by atoms with van der Waals surface area (Å²) in [6.45, 7) is 0. The monoisotopic (exact) mass is 372 g/mol. The zero-order valence-electron chi connectivity index (χ0n) is 10.7. The fraction of sp³-hybridized carbons (Fsp3) is 0.417. The Hall–Kier alpha value is -1.45. The van der Waals surface area contributed by atoms with Crippen molar-refractivity contribution < 1.29 is 44.3 Å². The first-order chi connectivity index (χ1) is 10.2. The largest absolute Gasteiger partial charge is 0.413 e. The highest BCUT2D eigenvalue weighted by Gasteiger charge is 2.86. The minimum atomic E-state index is -6.75. The van der Waals surface area contributed by atoms with Crippen molar-refractivity contribution in [1.29, 1.82) is 0 Å². The maximum absolute atomic E-state index is 12.9. The highest BCUT2D eigenvalue weighted by Crippen LogP contribution is 2.66. The Kier molecular flexibility index (Phi) is 5.01. The lowest BCUT2D eigenvalue weighted by Gasteiger charge is -2.41. The van der Waals surface area contributed by atoms with Crippen LogP contribution in [0.25, 0.3) is 0 Å². The van der Waals surface area contributed by atoms with E-state index in [1.54, 1.807) is 0 Å². The Morgan fingerprint density at radius 2 is 1.13 bits per heavy atom. The highest BCUT2D eigenvalue weighted by molar-refractivity contribution is 6.21. The molecule has 1 atom stereocenters. The number of alkyl halides is 10. The maximum atomic E-state index is 12.9. The molecule has 0 bridgehead atoms. The van der Waals surface area contributed by atoms with E-state index in [2.05, 4.69) is 0 Å². The first-order valence-electron chi connectivity index (χ1n) is 5.59. The van der Waals surface area contributed by atoms with Gasteiger partial charge in [0.05, 0.1) is 5.38 Å². The van der Waals surface area contributed by atoms with Gasteiger partial charge in [-0.25, -0.2) is 0 Å². The van der Waals surface area contributed by atoms with Crippen molar-refractivity contribution in [2.45, 2.75) is 23.9 Å². The van der Waals surface area contributed by atoms with Crippen LogP contribution in [-0.2, 0) is 0 Å². The van der Waals surface area contributed by atoms with Crippen molar-refractivity contribution in [3.8, 4) is 0 Å². The standard InChI is InChI=1S/C12H6ClF9O/c13-8(7-3-1-6(5-23)2-4-7)9(10(14,15)16,11(17,18)19)12(20,21)22/h1-5,8H. The van der Waals surface area contributed by atoms with Crippen LogP contribution in [0, 0.1) is 5.41 Å². The Morgan fingerprint density at radius 3 is 1.39 bits per heavy atom. The number of halogens is 10. The molecule has 0 radical (unpaired) electrons. The summed E-state index contributed by atoms with van der Waals surface area (Å²) in [6.07, 6.45) is -20.0. The lowest BCUT2D eigenvalue weighted by Crippen LogP contribution is -2.61.